The Bertz CT molecular complexity index is 506. The highest BCUT2D eigenvalue weighted by atomic mass is 19.1. The van der Waals surface area contributed by atoms with Gasteiger partial charge in [-0.05, 0) is 36.8 Å². The highest BCUT2D eigenvalue weighted by molar-refractivity contribution is 5.63. The largest absolute Gasteiger partial charge is 0.387 e. The lowest BCUT2D eigenvalue weighted by molar-refractivity contribution is 0.627. The molecular formula is C13H14FN3. The molecule has 3 nitrogen and oxygen atoms in total. The first kappa shape index (κ1) is 11.4. The predicted octanol–water partition coefficient (Wildman–Crippen LogP) is 3.31. The summed E-state index contributed by atoms with van der Waals surface area (Å²) in [6, 6.07) is 6.74. The fourth-order valence-corrected chi connectivity index (χ4v) is 1.62. The Labute approximate surface area is 99.7 Å². The zero-order valence-corrected chi connectivity index (χ0v) is 9.79. The summed E-state index contributed by atoms with van der Waals surface area (Å²) in [5.41, 5.74) is 3.33. The minimum Gasteiger partial charge on any atom is -0.387 e. The molecule has 0 bridgehead atoms. The van der Waals surface area contributed by atoms with Crippen molar-refractivity contribution >= 4 is 17.1 Å². The van der Waals surface area contributed by atoms with Gasteiger partial charge in [0, 0.05) is 12.7 Å². The van der Waals surface area contributed by atoms with Crippen molar-refractivity contribution in [2.75, 3.05) is 17.7 Å². The molecule has 0 spiro atoms. The minimum absolute atomic E-state index is 0.245. The minimum atomic E-state index is -0.245. The highest BCUT2D eigenvalue weighted by Crippen LogP contribution is 2.20. The molecule has 0 unspecified atom stereocenters. The van der Waals surface area contributed by atoms with Crippen LogP contribution >= 0.6 is 0 Å². The van der Waals surface area contributed by atoms with E-state index >= 15 is 0 Å². The smallest absolute Gasteiger partial charge is 0.125 e. The van der Waals surface area contributed by atoms with Crippen LogP contribution in [0.1, 0.15) is 5.56 Å². The third-order valence-electron chi connectivity index (χ3n) is 2.36. The second-order valence-corrected chi connectivity index (χ2v) is 3.85. The lowest BCUT2D eigenvalue weighted by atomic mass is 10.2. The summed E-state index contributed by atoms with van der Waals surface area (Å²) in [6.07, 6.45) is 3.42. The normalized spacial score (nSPS) is 10.1. The average molecular weight is 231 g/mol. The molecule has 1 aromatic heterocycles. The van der Waals surface area contributed by atoms with Crippen LogP contribution < -0.4 is 10.6 Å². The molecule has 1 heterocycles. The number of aromatic nitrogens is 1. The second-order valence-electron chi connectivity index (χ2n) is 3.85. The monoisotopic (exact) mass is 231 g/mol. The van der Waals surface area contributed by atoms with Crippen LogP contribution in [0.2, 0.25) is 0 Å². The molecule has 0 amide bonds. The van der Waals surface area contributed by atoms with E-state index in [9.17, 15) is 4.39 Å². The van der Waals surface area contributed by atoms with E-state index in [1.807, 2.05) is 26.1 Å². The van der Waals surface area contributed by atoms with Crippen LogP contribution in [0.3, 0.4) is 0 Å². The van der Waals surface area contributed by atoms with E-state index in [4.69, 9.17) is 0 Å². The molecule has 2 N–H and O–H groups in total. The molecule has 0 atom stereocenters. The van der Waals surface area contributed by atoms with Gasteiger partial charge < -0.3 is 10.6 Å². The number of nitrogens with zero attached hydrogens (tertiary/aromatic N) is 1. The van der Waals surface area contributed by atoms with Crippen LogP contribution in [0.15, 0.2) is 36.7 Å². The van der Waals surface area contributed by atoms with E-state index in [0.717, 1.165) is 22.6 Å². The number of hydrogen-bond acceptors (Lipinski definition) is 3. The SMILES string of the molecule is CNc1cncc(Nc2cc(C)cc(F)c2)c1. The Balaban J connectivity index is 2.24. The summed E-state index contributed by atoms with van der Waals surface area (Å²) in [4.78, 5) is 4.08. The van der Waals surface area contributed by atoms with Gasteiger partial charge in [-0.3, -0.25) is 4.98 Å². The van der Waals surface area contributed by atoms with Gasteiger partial charge >= 0.3 is 0 Å². The molecule has 88 valence electrons. The van der Waals surface area contributed by atoms with E-state index in [1.165, 1.54) is 12.1 Å². The standard InChI is InChI=1S/C13H14FN3/c1-9-3-10(14)5-11(4-9)17-13-6-12(15-2)7-16-8-13/h3-8,15,17H,1-2H3. The first-order valence-corrected chi connectivity index (χ1v) is 5.34. The maximum Gasteiger partial charge on any atom is 0.125 e. The van der Waals surface area contributed by atoms with E-state index in [-0.39, 0.29) is 5.82 Å². The van der Waals surface area contributed by atoms with Crippen molar-refractivity contribution in [2.45, 2.75) is 6.92 Å². The number of rotatable bonds is 3. The van der Waals surface area contributed by atoms with Crippen molar-refractivity contribution < 1.29 is 4.39 Å². The summed E-state index contributed by atoms with van der Waals surface area (Å²) in [5, 5.41) is 6.12. The number of nitrogens with one attached hydrogen (secondary N) is 2. The highest BCUT2D eigenvalue weighted by Gasteiger charge is 2.00. The summed E-state index contributed by atoms with van der Waals surface area (Å²) < 4.78 is 13.2. The van der Waals surface area contributed by atoms with Crippen LogP contribution in [-0.4, -0.2) is 12.0 Å². The molecule has 1 aromatic carbocycles. The van der Waals surface area contributed by atoms with E-state index in [1.54, 1.807) is 12.4 Å². The molecule has 2 rings (SSSR count). The Morgan fingerprint density at radius 1 is 1.00 bits per heavy atom. The number of halogens is 1. The van der Waals surface area contributed by atoms with Gasteiger partial charge in [0.05, 0.1) is 23.8 Å². The van der Waals surface area contributed by atoms with Gasteiger partial charge in [-0.15, -0.1) is 0 Å². The first-order chi connectivity index (χ1) is 8.17. The molecular weight excluding hydrogens is 217 g/mol. The van der Waals surface area contributed by atoms with Crippen LogP contribution in [0.4, 0.5) is 21.5 Å². The Kier molecular flexibility index (Phi) is 3.23. The van der Waals surface area contributed by atoms with Crippen molar-refractivity contribution in [3.8, 4) is 0 Å². The second kappa shape index (κ2) is 4.82. The lowest BCUT2D eigenvalue weighted by Gasteiger charge is -2.08. The molecule has 4 heteroatoms. The van der Waals surface area contributed by atoms with Crippen LogP contribution in [-0.2, 0) is 0 Å². The molecule has 0 aliphatic rings. The number of aryl methyl sites for hydroxylation is 1. The summed E-state index contributed by atoms with van der Waals surface area (Å²) in [5.74, 6) is -0.245. The van der Waals surface area contributed by atoms with Crippen molar-refractivity contribution in [1.29, 1.82) is 0 Å². The van der Waals surface area contributed by atoms with Gasteiger partial charge in [-0.2, -0.15) is 0 Å². The quantitative estimate of drug-likeness (QED) is 0.850. The van der Waals surface area contributed by atoms with Crippen LogP contribution in [0.25, 0.3) is 0 Å². The molecule has 0 saturated heterocycles. The summed E-state index contributed by atoms with van der Waals surface area (Å²) in [7, 11) is 1.83. The molecule has 0 radical (unpaired) electrons. The van der Waals surface area contributed by atoms with E-state index in [0.29, 0.717) is 0 Å². The number of benzene rings is 1. The van der Waals surface area contributed by atoms with Crippen LogP contribution in [0.5, 0.6) is 0 Å². The summed E-state index contributed by atoms with van der Waals surface area (Å²) in [6.45, 7) is 1.86. The van der Waals surface area contributed by atoms with Crippen molar-refractivity contribution in [3.05, 3.63) is 48.0 Å². The third kappa shape index (κ3) is 2.93. The Morgan fingerprint density at radius 2 is 1.76 bits per heavy atom. The zero-order chi connectivity index (χ0) is 12.3. The van der Waals surface area contributed by atoms with Crippen LogP contribution in [0, 0.1) is 12.7 Å². The predicted molar refractivity (Wildman–Crippen MR) is 68.2 cm³/mol. The average Bonchev–Trinajstić information content (AvgIpc) is 2.28. The first-order valence-electron chi connectivity index (χ1n) is 5.34. The van der Waals surface area contributed by atoms with E-state index in [2.05, 4.69) is 15.6 Å². The Hall–Kier alpha value is -2.10. The van der Waals surface area contributed by atoms with Gasteiger partial charge in [0.1, 0.15) is 5.82 Å². The molecule has 0 fully saturated rings. The number of hydrogen-bond donors (Lipinski definition) is 2. The molecule has 2 aromatic rings. The van der Waals surface area contributed by atoms with E-state index < -0.39 is 0 Å². The zero-order valence-electron chi connectivity index (χ0n) is 9.79. The number of pyridine rings is 1. The van der Waals surface area contributed by atoms with Gasteiger partial charge in [-0.1, -0.05) is 0 Å². The maximum absolute atomic E-state index is 13.2. The van der Waals surface area contributed by atoms with Gasteiger partial charge in [0.25, 0.3) is 0 Å². The van der Waals surface area contributed by atoms with Gasteiger partial charge in [0.2, 0.25) is 0 Å². The maximum atomic E-state index is 13.2. The van der Waals surface area contributed by atoms with Crippen molar-refractivity contribution in [3.63, 3.8) is 0 Å². The van der Waals surface area contributed by atoms with Crippen molar-refractivity contribution in [1.82, 2.24) is 4.98 Å². The molecule has 0 aliphatic carbocycles. The third-order valence-corrected chi connectivity index (χ3v) is 2.36. The van der Waals surface area contributed by atoms with Gasteiger partial charge in [-0.25, -0.2) is 4.39 Å². The van der Waals surface area contributed by atoms with Crippen molar-refractivity contribution in [2.24, 2.45) is 0 Å². The lowest BCUT2D eigenvalue weighted by Crippen LogP contribution is -1.95. The molecule has 0 aliphatic heterocycles. The summed E-state index contributed by atoms with van der Waals surface area (Å²) >= 11 is 0. The molecule has 0 saturated carbocycles. The topological polar surface area (TPSA) is 37.0 Å². The van der Waals surface area contributed by atoms with Gasteiger partial charge in [0.15, 0.2) is 0 Å². The molecule has 17 heavy (non-hydrogen) atoms. The fourth-order valence-electron chi connectivity index (χ4n) is 1.62. The fraction of sp³-hybridized carbons (Fsp3) is 0.154. The Morgan fingerprint density at radius 3 is 2.47 bits per heavy atom. The number of anilines is 3.